The first-order chi connectivity index (χ1) is 10.5. The average molecular weight is 301 g/mol. The van der Waals surface area contributed by atoms with E-state index in [9.17, 15) is 10.4 Å². The summed E-state index contributed by atoms with van der Waals surface area (Å²) >= 11 is 0. The van der Waals surface area contributed by atoms with Crippen molar-refractivity contribution in [3.05, 3.63) is 0 Å². The lowest BCUT2D eigenvalue weighted by atomic mass is 9.45. The van der Waals surface area contributed by atoms with Gasteiger partial charge in [0, 0.05) is 0 Å². The molecule has 0 aromatic carbocycles. The van der Waals surface area contributed by atoms with Crippen LogP contribution in [0.4, 0.5) is 0 Å². The second-order valence-electron chi connectivity index (χ2n) is 9.39. The summed E-state index contributed by atoms with van der Waals surface area (Å²) in [7, 11) is 0. The number of hydrogen-bond donors (Lipinski definition) is 1. The van der Waals surface area contributed by atoms with Gasteiger partial charge in [0.15, 0.2) is 0 Å². The third-order valence-corrected chi connectivity index (χ3v) is 8.79. The van der Waals surface area contributed by atoms with E-state index in [1.54, 1.807) is 0 Å². The maximum Gasteiger partial charge on any atom is 0.0661 e. The maximum atomic E-state index is 10.1. The highest BCUT2D eigenvalue weighted by Crippen LogP contribution is 2.67. The standard InChI is InChI=1S/C20H31NO/c1-19-9-7-15(22)11-13(19)3-5-16-17-6-4-14(12-21)20(17,2)10-8-18(16)19/h13-18,22H,3-11H2,1-2H3/t13?,14-,15+,16+,17+,18+,19+,20-/m1/s1. The van der Waals surface area contributed by atoms with Crippen LogP contribution >= 0.6 is 0 Å². The third kappa shape index (κ3) is 1.87. The van der Waals surface area contributed by atoms with E-state index in [1.807, 2.05) is 0 Å². The Bertz CT molecular complexity index is 496. The van der Waals surface area contributed by atoms with Gasteiger partial charge in [-0.3, -0.25) is 0 Å². The Morgan fingerprint density at radius 3 is 2.41 bits per heavy atom. The third-order valence-electron chi connectivity index (χ3n) is 8.79. The predicted octanol–water partition coefficient (Wildman–Crippen LogP) is 4.53. The van der Waals surface area contributed by atoms with Crippen LogP contribution in [0.3, 0.4) is 0 Å². The van der Waals surface area contributed by atoms with Gasteiger partial charge < -0.3 is 5.11 Å². The first kappa shape index (κ1) is 15.0. The zero-order valence-electron chi connectivity index (χ0n) is 14.2. The molecule has 1 N–H and O–H groups in total. The van der Waals surface area contributed by atoms with Crippen LogP contribution in [-0.2, 0) is 0 Å². The van der Waals surface area contributed by atoms with E-state index in [1.165, 1.54) is 38.5 Å². The lowest BCUT2D eigenvalue weighted by Crippen LogP contribution is -2.53. The number of aliphatic hydroxyl groups excluding tert-OH is 1. The second-order valence-corrected chi connectivity index (χ2v) is 9.39. The molecule has 0 heterocycles. The van der Waals surface area contributed by atoms with Crippen molar-refractivity contribution < 1.29 is 5.11 Å². The molecule has 0 spiro atoms. The van der Waals surface area contributed by atoms with E-state index in [0.29, 0.717) is 16.7 Å². The molecule has 4 rings (SSSR count). The van der Waals surface area contributed by atoms with Crippen LogP contribution in [0, 0.1) is 51.8 Å². The van der Waals surface area contributed by atoms with Gasteiger partial charge in [0.1, 0.15) is 0 Å². The van der Waals surface area contributed by atoms with E-state index in [4.69, 9.17) is 0 Å². The first-order valence-electron chi connectivity index (χ1n) is 9.56. The molecule has 0 aliphatic heterocycles. The topological polar surface area (TPSA) is 44.0 Å². The highest BCUT2D eigenvalue weighted by molar-refractivity contribution is 5.12. The summed E-state index contributed by atoms with van der Waals surface area (Å²) in [5.74, 6) is 3.55. The lowest BCUT2D eigenvalue weighted by Gasteiger charge is -2.60. The van der Waals surface area contributed by atoms with E-state index in [0.717, 1.165) is 42.9 Å². The van der Waals surface area contributed by atoms with Gasteiger partial charge in [-0.05, 0) is 92.3 Å². The minimum Gasteiger partial charge on any atom is -0.393 e. The molecular formula is C20H31NO. The van der Waals surface area contributed by atoms with Crippen molar-refractivity contribution in [2.24, 2.45) is 40.4 Å². The molecule has 0 saturated heterocycles. The molecule has 2 heteroatoms. The molecule has 0 bridgehead atoms. The molecule has 4 aliphatic rings. The Morgan fingerprint density at radius 1 is 0.909 bits per heavy atom. The van der Waals surface area contributed by atoms with E-state index < -0.39 is 0 Å². The summed E-state index contributed by atoms with van der Waals surface area (Å²) in [6.07, 6.45) is 10.9. The van der Waals surface area contributed by atoms with Gasteiger partial charge in [-0.1, -0.05) is 13.8 Å². The summed E-state index contributed by atoms with van der Waals surface area (Å²) < 4.78 is 0. The molecule has 22 heavy (non-hydrogen) atoms. The quantitative estimate of drug-likeness (QED) is 0.714. The van der Waals surface area contributed by atoms with Crippen molar-refractivity contribution in [3.8, 4) is 6.07 Å². The monoisotopic (exact) mass is 301 g/mol. The van der Waals surface area contributed by atoms with Gasteiger partial charge in [0.05, 0.1) is 18.1 Å². The molecule has 8 atom stereocenters. The first-order valence-corrected chi connectivity index (χ1v) is 9.56. The fourth-order valence-corrected chi connectivity index (χ4v) is 7.45. The molecule has 1 unspecified atom stereocenters. The highest BCUT2D eigenvalue weighted by Gasteiger charge is 2.60. The minimum atomic E-state index is -0.0436. The zero-order valence-corrected chi connectivity index (χ0v) is 14.2. The molecule has 4 fully saturated rings. The van der Waals surface area contributed by atoms with E-state index in [-0.39, 0.29) is 6.10 Å². The molecule has 0 amide bonds. The number of rotatable bonds is 0. The van der Waals surface area contributed by atoms with Gasteiger partial charge >= 0.3 is 0 Å². The highest BCUT2D eigenvalue weighted by atomic mass is 16.3. The summed E-state index contributed by atoms with van der Waals surface area (Å²) in [5, 5.41) is 19.6. The Kier molecular flexibility index (Phi) is 3.39. The van der Waals surface area contributed by atoms with Crippen LogP contribution in [0.5, 0.6) is 0 Å². The van der Waals surface area contributed by atoms with E-state index in [2.05, 4.69) is 19.9 Å². The summed E-state index contributed by atoms with van der Waals surface area (Å²) in [6, 6.07) is 2.64. The summed E-state index contributed by atoms with van der Waals surface area (Å²) in [6.45, 7) is 4.97. The number of nitrogens with zero attached hydrogens (tertiary/aromatic N) is 1. The van der Waals surface area contributed by atoms with Crippen molar-refractivity contribution in [1.82, 2.24) is 0 Å². The molecule has 0 aromatic rings. The number of nitriles is 1. The Balaban J connectivity index is 1.62. The minimum absolute atomic E-state index is 0.0436. The van der Waals surface area contributed by atoms with Crippen molar-refractivity contribution in [1.29, 1.82) is 5.26 Å². The molecular weight excluding hydrogens is 270 g/mol. The van der Waals surface area contributed by atoms with Gasteiger partial charge in [-0.15, -0.1) is 0 Å². The number of aliphatic hydroxyl groups is 1. The SMILES string of the molecule is C[C@]12CC[C@H]3[C@@H](CCC4C[C@@H](O)CC[C@@]43C)[C@@H]1CC[C@@H]2C#N. The smallest absolute Gasteiger partial charge is 0.0661 e. The van der Waals surface area contributed by atoms with Crippen molar-refractivity contribution >= 4 is 0 Å². The molecule has 122 valence electrons. The van der Waals surface area contributed by atoms with Crippen LogP contribution in [-0.4, -0.2) is 11.2 Å². The van der Waals surface area contributed by atoms with Crippen LogP contribution in [0.25, 0.3) is 0 Å². The molecule has 0 aromatic heterocycles. The normalized spacial score (nSPS) is 57.4. The Hall–Kier alpha value is -0.550. The van der Waals surface area contributed by atoms with Crippen LogP contribution in [0.15, 0.2) is 0 Å². The zero-order chi connectivity index (χ0) is 15.5. The van der Waals surface area contributed by atoms with Gasteiger partial charge in [0.2, 0.25) is 0 Å². The Morgan fingerprint density at radius 2 is 1.64 bits per heavy atom. The van der Waals surface area contributed by atoms with Gasteiger partial charge in [-0.25, -0.2) is 0 Å². The largest absolute Gasteiger partial charge is 0.393 e. The van der Waals surface area contributed by atoms with Crippen LogP contribution < -0.4 is 0 Å². The molecule has 0 radical (unpaired) electrons. The number of fused-ring (bicyclic) bond motifs is 5. The van der Waals surface area contributed by atoms with Gasteiger partial charge in [0.25, 0.3) is 0 Å². The van der Waals surface area contributed by atoms with Crippen molar-refractivity contribution in [2.45, 2.75) is 77.7 Å². The average Bonchev–Trinajstić information content (AvgIpc) is 2.84. The second kappa shape index (κ2) is 4.97. The number of hydrogen-bond acceptors (Lipinski definition) is 2. The van der Waals surface area contributed by atoms with Crippen LogP contribution in [0.2, 0.25) is 0 Å². The van der Waals surface area contributed by atoms with Crippen LogP contribution in [0.1, 0.15) is 71.6 Å². The molecule has 2 nitrogen and oxygen atoms in total. The van der Waals surface area contributed by atoms with Crippen molar-refractivity contribution in [3.63, 3.8) is 0 Å². The predicted molar refractivity (Wildman–Crippen MR) is 86.8 cm³/mol. The fourth-order valence-electron chi connectivity index (χ4n) is 7.45. The Labute approximate surface area is 135 Å². The van der Waals surface area contributed by atoms with Gasteiger partial charge in [-0.2, -0.15) is 5.26 Å². The lowest BCUT2D eigenvalue weighted by molar-refractivity contribution is -0.124. The molecule has 4 saturated carbocycles. The molecule has 4 aliphatic carbocycles. The van der Waals surface area contributed by atoms with E-state index >= 15 is 0 Å². The maximum absolute atomic E-state index is 10.1. The fraction of sp³-hybridized carbons (Fsp3) is 0.950. The van der Waals surface area contributed by atoms with Crippen molar-refractivity contribution in [2.75, 3.05) is 0 Å². The summed E-state index contributed by atoms with van der Waals surface area (Å²) in [4.78, 5) is 0. The summed E-state index contributed by atoms with van der Waals surface area (Å²) in [5.41, 5.74) is 0.765.